The Morgan fingerprint density at radius 2 is 1.81 bits per heavy atom. The van der Waals surface area contributed by atoms with E-state index in [0.29, 0.717) is 44.3 Å². The molecule has 32 heavy (non-hydrogen) atoms. The number of carbonyl (C=O) groups is 1. The van der Waals surface area contributed by atoms with Crippen LogP contribution < -0.4 is 14.8 Å². The fourth-order valence-electron chi connectivity index (χ4n) is 3.31. The molecule has 2 aromatic carbocycles. The maximum absolute atomic E-state index is 12.6. The second kappa shape index (κ2) is 10.8. The Kier molecular flexibility index (Phi) is 8.11. The second-order valence-electron chi connectivity index (χ2n) is 7.66. The highest BCUT2D eigenvalue weighted by molar-refractivity contribution is 7.89. The zero-order valence-corrected chi connectivity index (χ0v) is 19.5. The van der Waals surface area contributed by atoms with E-state index in [1.165, 1.54) is 16.4 Å². The van der Waals surface area contributed by atoms with Crippen molar-refractivity contribution in [2.75, 3.05) is 39.5 Å². The van der Waals surface area contributed by atoms with Gasteiger partial charge in [-0.3, -0.25) is 4.79 Å². The van der Waals surface area contributed by atoms with Crippen LogP contribution >= 0.6 is 0 Å². The smallest absolute Gasteiger partial charge is 0.260 e. The van der Waals surface area contributed by atoms with E-state index in [0.717, 1.165) is 11.1 Å². The molecule has 1 aliphatic rings. The summed E-state index contributed by atoms with van der Waals surface area (Å²) in [6.45, 7) is 7.70. The SMILES string of the molecule is Cc1ccc(O[C@H](C)C(=O)NCCOc2ccc(S(=O)(=O)N3CCOCC3)cc2)c(C)c1. The summed E-state index contributed by atoms with van der Waals surface area (Å²) in [7, 11) is -3.53. The van der Waals surface area contributed by atoms with Crippen LogP contribution in [0.3, 0.4) is 0 Å². The van der Waals surface area contributed by atoms with Crippen LogP contribution in [-0.4, -0.2) is 64.2 Å². The number of hydrogen-bond donors (Lipinski definition) is 1. The molecular weight excluding hydrogens is 432 g/mol. The summed E-state index contributed by atoms with van der Waals surface area (Å²) in [5, 5.41) is 2.78. The van der Waals surface area contributed by atoms with Gasteiger partial charge in [0.1, 0.15) is 18.1 Å². The largest absolute Gasteiger partial charge is 0.492 e. The molecule has 0 radical (unpaired) electrons. The Morgan fingerprint density at radius 1 is 1.12 bits per heavy atom. The van der Waals surface area contributed by atoms with Gasteiger partial charge in [0.25, 0.3) is 5.91 Å². The van der Waals surface area contributed by atoms with E-state index in [-0.39, 0.29) is 17.4 Å². The van der Waals surface area contributed by atoms with Crippen molar-refractivity contribution in [1.82, 2.24) is 9.62 Å². The van der Waals surface area contributed by atoms with Gasteiger partial charge in [-0.05, 0) is 56.7 Å². The lowest BCUT2D eigenvalue weighted by atomic mass is 10.1. The van der Waals surface area contributed by atoms with Crippen LogP contribution in [-0.2, 0) is 19.6 Å². The topological polar surface area (TPSA) is 94.2 Å². The van der Waals surface area contributed by atoms with Gasteiger partial charge in [-0.25, -0.2) is 8.42 Å². The van der Waals surface area contributed by atoms with Gasteiger partial charge in [-0.2, -0.15) is 4.31 Å². The number of morpholine rings is 1. The number of nitrogens with one attached hydrogen (secondary N) is 1. The normalized spacial score (nSPS) is 15.7. The highest BCUT2D eigenvalue weighted by Gasteiger charge is 2.26. The van der Waals surface area contributed by atoms with E-state index in [1.807, 2.05) is 32.0 Å². The molecule has 1 amide bonds. The molecule has 1 aliphatic heterocycles. The van der Waals surface area contributed by atoms with E-state index < -0.39 is 16.1 Å². The van der Waals surface area contributed by atoms with Gasteiger partial charge < -0.3 is 19.5 Å². The standard InChI is InChI=1S/C23H30N2O6S/c1-17-4-9-22(18(2)16-17)31-19(3)23(26)24-10-13-30-20-5-7-21(8-6-20)32(27,28)25-11-14-29-15-12-25/h4-9,16,19H,10-15H2,1-3H3,(H,24,26)/t19-/m1/s1. The lowest BCUT2D eigenvalue weighted by molar-refractivity contribution is -0.127. The van der Waals surface area contributed by atoms with Crippen molar-refractivity contribution in [3.05, 3.63) is 53.6 Å². The number of amides is 1. The number of rotatable bonds is 9. The molecule has 1 atom stereocenters. The third kappa shape index (κ3) is 6.21. The zero-order chi connectivity index (χ0) is 23.1. The molecule has 0 aliphatic carbocycles. The maximum Gasteiger partial charge on any atom is 0.260 e. The van der Waals surface area contributed by atoms with Gasteiger partial charge in [0.15, 0.2) is 6.10 Å². The van der Waals surface area contributed by atoms with Crippen molar-refractivity contribution in [2.24, 2.45) is 0 Å². The van der Waals surface area contributed by atoms with Crippen molar-refractivity contribution in [3.8, 4) is 11.5 Å². The summed E-state index contributed by atoms with van der Waals surface area (Å²) in [6, 6.07) is 12.1. The molecule has 1 saturated heterocycles. The fourth-order valence-corrected chi connectivity index (χ4v) is 4.71. The van der Waals surface area contributed by atoms with Crippen LogP contribution in [0.1, 0.15) is 18.1 Å². The van der Waals surface area contributed by atoms with E-state index >= 15 is 0 Å². The molecule has 174 valence electrons. The summed E-state index contributed by atoms with van der Waals surface area (Å²) in [5.41, 5.74) is 2.11. The van der Waals surface area contributed by atoms with Gasteiger partial charge in [0, 0.05) is 13.1 Å². The van der Waals surface area contributed by atoms with Crippen molar-refractivity contribution >= 4 is 15.9 Å². The molecule has 0 saturated carbocycles. The van der Waals surface area contributed by atoms with Crippen LogP contribution in [0.2, 0.25) is 0 Å². The Bertz CT molecular complexity index is 1020. The minimum Gasteiger partial charge on any atom is -0.492 e. The molecule has 0 spiro atoms. The Balaban J connectivity index is 1.43. The molecular formula is C23H30N2O6S. The Labute approximate surface area is 189 Å². The minimum absolute atomic E-state index is 0.220. The lowest BCUT2D eigenvalue weighted by Crippen LogP contribution is -2.40. The van der Waals surface area contributed by atoms with Crippen LogP contribution in [0.4, 0.5) is 0 Å². The van der Waals surface area contributed by atoms with Crippen LogP contribution in [0.5, 0.6) is 11.5 Å². The monoisotopic (exact) mass is 462 g/mol. The number of aryl methyl sites for hydroxylation is 2. The number of carbonyl (C=O) groups excluding carboxylic acids is 1. The predicted octanol–water partition coefficient (Wildman–Crippen LogP) is 2.29. The first kappa shape index (κ1) is 24.0. The average Bonchev–Trinajstić information content (AvgIpc) is 2.79. The summed E-state index contributed by atoms with van der Waals surface area (Å²) in [5.74, 6) is 0.974. The van der Waals surface area contributed by atoms with Crippen LogP contribution in [0.15, 0.2) is 47.4 Å². The number of hydrogen-bond acceptors (Lipinski definition) is 6. The first-order valence-corrected chi connectivity index (χ1v) is 12.0. The van der Waals surface area contributed by atoms with Crippen molar-refractivity contribution in [3.63, 3.8) is 0 Å². The summed E-state index contributed by atoms with van der Waals surface area (Å²) >= 11 is 0. The maximum atomic E-state index is 12.6. The van der Waals surface area contributed by atoms with Gasteiger partial charge in [-0.15, -0.1) is 0 Å². The zero-order valence-electron chi connectivity index (χ0n) is 18.7. The summed E-state index contributed by atoms with van der Waals surface area (Å²) < 4.78 is 43.3. The number of sulfonamides is 1. The highest BCUT2D eigenvalue weighted by atomic mass is 32.2. The van der Waals surface area contributed by atoms with Crippen molar-refractivity contribution in [2.45, 2.75) is 31.8 Å². The summed E-state index contributed by atoms with van der Waals surface area (Å²) in [4.78, 5) is 12.5. The minimum atomic E-state index is -3.53. The van der Waals surface area contributed by atoms with E-state index in [1.54, 1.807) is 19.1 Å². The molecule has 2 aromatic rings. The quantitative estimate of drug-likeness (QED) is 0.575. The Morgan fingerprint density at radius 3 is 2.47 bits per heavy atom. The van der Waals surface area contributed by atoms with Crippen molar-refractivity contribution < 1.29 is 27.4 Å². The molecule has 8 nitrogen and oxygen atoms in total. The van der Waals surface area contributed by atoms with Crippen LogP contribution in [0, 0.1) is 13.8 Å². The number of ether oxygens (including phenoxy) is 3. The molecule has 0 unspecified atom stereocenters. The van der Waals surface area contributed by atoms with Gasteiger partial charge >= 0.3 is 0 Å². The molecule has 9 heteroatoms. The van der Waals surface area contributed by atoms with Gasteiger partial charge in [0.05, 0.1) is 24.7 Å². The first-order valence-electron chi connectivity index (χ1n) is 10.6. The summed E-state index contributed by atoms with van der Waals surface area (Å²) in [6.07, 6.45) is -0.638. The molecule has 3 rings (SSSR count). The second-order valence-corrected chi connectivity index (χ2v) is 9.59. The van der Waals surface area contributed by atoms with Gasteiger partial charge in [-0.1, -0.05) is 17.7 Å². The third-order valence-corrected chi connectivity index (χ3v) is 7.02. The highest BCUT2D eigenvalue weighted by Crippen LogP contribution is 2.21. The molecule has 1 N–H and O–H groups in total. The average molecular weight is 463 g/mol. The molecule has 1 heterocycles. The fraction of sp³-hybridized carbons (Fsp3) is 0.435. The first-order chi connectivity index (χ1) is 15.3. The number of benzene rings is 2. The van der Waals surface area contributed by atoms with Gasteiger partial charge in [0.2, 0.25) is 10.0 Å². The molecule has 0 aromatic heterocycles. The Hall–Kier alpha value is -2.62. The molecule has 0 bridgehead atoms. The molecule has 1 fully saturated rings. The van der Waals surface area contributed by atoms with E-state index in [9.17, 15) is 13.2 Å². The van der Waals surface area contributed by atoms with Crippen LogP contribution in [0.25, 0.3) is 0 Å². The number of nitrogens with zero attached hydrogens (tertiary/aromatic N) is 1. The lowest BCUT2D eigenvalue weighted by Gasteiger charge is -2.26. The third-order valence-electron chi connectivity index (χ3n) is 5.10. The van der Waals surface area contributed by atoms with E-state index in [4.69, 9.17) is 14.2 Å². The predicted molar refractivity (Wildman–Crippen MR) is 121 cm³/mol. The van der Waals surface area contributed by atoms with E-state index in [2.05, 4.69) is 5.32 Å². The van der Waals surface area contributed by atoms with Crippen molar-refractivity contribution in [1.29, 1.82) is 0 Å².